The van der Waals surface area contributed by atoms with Crippen molar-refractivity contribution in [1.82, 2.24) is 4.98 Å². The predicted molar refractivity (Wildman–Crippen MR) is 120 cm³/mol. The van der Waals surface area contributed by atoms with Crippen molar-refractivity contribution in [3.05, 3.63) is 54.2 Å². The molecule has 0 fully saturated rings. The van der Waals surface area contributed by atoms with E-state index in [-0.39, 0.29) is 23.8 Å². The Morgan fingerprint density at radius 2 is 1.86 bits per heavy atom. The lowest BCUT2D eigenvalue weighted by Gasteiger charge is -2.19. The van der Waals surface area contributed by atoms with Crippen LogP contribution in [0.4, 0.5) is 0 Å². The third-order valence-electron chi connectivity index (χ3n) is 4.13. The van der Waals surface area contributed by atoms with Crippen LogP contribution >= 0.6 is 21.6 Å². The Morgan fingerprint density at radius 1 is 1.14 bits per heavy atom. The average Bonchev–Trinajstić information content (AvgIpc) is 2.68. The van der Waals surface area contributed by atoms with Gasteiger partial charge in [0.25, 0.3) is 0 Å². The van der Waals surface area contributed by atoms with E-state index in [1.165, 1.54) is 10.8 Å². The summed E-state index contributed by atoms with van der Waals surface area (Å²) >= 11 is 0. The van der Waals surface area contributed by atoms with Crippen LogP contribution in [-0.2, 0) is 19.4 Å². The normalized spacial score (nSPS) is 12.7. The van der Waals surface area contributed by atoms with Crippen molar-refractivity contribution in [3.63, 3.8) is 0 Å². The van der Waals surface area contributed by atoms with Crippen molar-refractivity contribution in [2.45, 2.75) is 48.8 Å². The number of pyridine rings is 1. The SMILES string of the molecule is Cc1ccc(S(=O)(=O)C(CC(=O)OCCSSc2ccccn2)CC(C)C)cc1. The Bertz CT molecular complexity index is 869. The molecule has 0 aliphatic carbocycles. The molecule has 5 nitrogen and oxygen atoms in total. The lowest BCUT2D eigenvalue weighted by molar-refractivity contribution is -0.143. The third kappa shape index (κ3) is 8.03. The number of esters is 1. The molecule has 0 saturated carbocycles. The van der Waals surface area contributed by atoms with Gasteiger partial charge in [0.05, 0.1) is 16.6 Å². The highest BCUT2D eigenvalue weighted by molar-refractivity contribution is 8.76. The summed E-state index contributed by atoms with van der Waals surface area (Å²) in [7, 11) is -0.542. The Hall–Kier alpha value is -1.51. The summed E-state index contributed by atoms with van der Waals surface area (Å²) in [6.45, 7) is 6.05. The fraction of sp³-hybridized carbons (Fsp3) is 0.429. The summed E-state index contributed by atoms with van der Waals surface area (Å²) in [4.78, 5) is 16.7. The molecule has 29 heavy (non-hydrogen) atoms. The number of sulfone groups is 1. The first-order valence-corrected chi connectivity index (χ1v) is 13.3. The van der Waals surface area contributed by atoms with E-state index >= 15 is 0 Å². The first-order chi connectivity index (χ1) is 13.8. The maximum Gasteiger partial charge on any atom is 0.307 e. The van der Waals surface area contributed by atoms with Crippen molar-refractivity contribution >= 4 is 37.4 Å². The summed E-state index contributed by atoms with van der Waals surface area (Å²) < 4.78 is 31.3. The number of aryl methyl sites for hydroxylation is 1. The molecule has 0 aliphatic heterocycles. The second-order valence-electron chi connectivity index (χ2n) is 7.11. The number of aromatic nitrogens is 1. The molecule has 2 aromatic rings. The van der Waals surface area contributed by atoms with E-state index in [9.17, 15) is 13.2 Å². The number of hydrogen-bond acceptors (Lipinski definition) is 7. The van der Waals surface area contributed by atoms with Crippen molar-refractivity contribution in [2.75, 3.05) is 12.4 Å². The molecule has 1 heterocycles. The first kappa shape index (κ1) is 23.8. The van der Waals surface area contributed by atoms with Crippen molar-refractivity contribution in [1.29, 1.82) is 0 Å². The largest absolute Gasteiger partial charge is 0.465 e. The van der Waals surface area contributed by atoms with E-state index in [1.54, 1.807) is 41.3 Å². The number of nitrogens with zero attached hydrogens (tertiary/aromatic N) is 1. The van der Waals surface area contributed by atoms with Gasteiger partial charge in [0.15, 0.2) is 9.84 Å². The predicted octanol–water partition coefficient (Wildman–Crippen LogP) is 4.95. The minimum atomic E-state index is -3.60. The second kappa shape index (κ2) is 11.6. The van der Waals surface area contributed by atoms with E-state index in [4.69, 9.17) is 4.74 Å². The second-order valence-corrected chi connectivity index (χ2v) is 11.8. The maximum atomic E-state index is 13.0. The molecule has 0 saturated heterocycles. The minimum Gasteiger partial charge on any atom is -0.465 e. The number of hydrogen-bond donors (Lipinski definition) is 0. The monoisotopic (exact) mass is 453 g/mol. The quantitative estimate of drug-likeness (QED) is 0.271. The molecule has 1 atom stereocenters. The zero-order valence-electron chi connectivity index (χ0n) is 16.9. The zero-order chi connectivity index (χ0) is 21.3. The lowest BCUT2D eigenvalue weighted by Crippen LogP contribution is -2.27. The highest BCUT2D eigenvalue weighted by Crippen LogP contribution is 2.29. The summed E-state index contributed by atoms with van der Waals surface area (Å²) in [6, 6.07) is 12.4. The van der Waals surface area contributed by atoms with Gasteiger partial charge < -0.3 is 4.74 Å². The highest BCUT2D eigenvalue weighted by Gasteiger charge is 2.31. The summed E-state index contributed by atoms with van der Waals surface area (Å²) in [5.41, 5.74) is 0.991. The molecule has 0 amide bonds. The molecule has 158 valence electrons. The van der Waals surface area contributed by atoms with Gasteiger partial charge in [-0.05, 0) is 54.3 Å². The Kier molecular flexibility index (Phi) is 9.52. The summed E-state index contributed by atoms with van der Waals surface area (Å²) in [5, 5.41) is 0.110. The minimum absolute atomic E-state index is 0.132. The topological polar surface area (TPSA) is 73.3 Å². The smallest absolute Gasteiger partial charge is 0.307 e. The number of carbonyl (C=O) groups excluding carboxylic acids is 1. The van der Waals surface area contributed by atoms with Crippen molar-refractivity contribution in [3.8, 4) is 0 Å². The van der Waals surface area contributed by atoms with Gasteiger partial charge in [0.1, 0.15) is 11.6 Å². The van der Waals surface area contributed by atoms with Crippen LogP contribution in [0.1, 0.15) is 32.3 Å². The van der Waals surface area contributed by atoms with E-state index in [0.717, 1.165) is 10.6 Å². The summed E-state index contributed by atoms with van der Waals surface area (Å²) in [6.07, 6.45) is 2.01. The van der Waals surface area contributed by atoms with Crippen LogP contribution in [0.3, 0.4) is 0 Å². The first-order valence-electron chi connectivity index (χ1n) is 9.45. The molecule has 0 radical (unpaired) electrons. The Labute approximate surface area is 181 Å². The van der Waals surface area contributed by atoms with Crippen molar-refractivity contribution in [2.24, 2.45) is 5.92 Å². The Morgan fingerprint density at radius 3 is 2.48 bits per heavy atom. The van der Waals surface area contributed by atoms with E-state index in [1.807, 2.05) is 39.0 Å². The van der Waals surface area contributed by atoms with Crippen LogP contribution in [0.5, 0.6) is 0 Å². The van der Waals surface area contributed by atoms with Gasteiger partial charge in [-0.25, -0.2) is 13.4 Å². The fourth-order valence-electron chi connectivity index (χ4n) is 2.70. The van der Waals surface area contributed by atoms with Gasteiger partial charge >= 0.3 is 5.97 Å². The average molecular weight is 454 g/mol. The lowest BCUT2D eigenvalue weighted by atomic mass is 10.1. The molecule has 1 aromatic carbocycles. The van der Waals surface area contributed by atoms with E-state index < -0.39 is 21.1 Å². The highest BCUT2D eigenvalue weighted by atomic mass is 33.1. The molecule has 0 bridgehead atoms. The number of benzene rings is 1. The number of carbonyl (C=O) groups is 1. The number of rotatable bonds is 11. The molecular formula is C21H27NO4S3. The fourth-order valence-corrected chi connectivity index (χ4v) is 6.30. The van der Waals surface area contributed by atoms with E-state index in [2.05, 4.69) is 4.98 Å². The van der Waals surface area contributed by atoms with E-state index in [0.29, 0.717) is 12.2 Å². The van der Waals surface area contributed by atoms with Crippen LogP contribution in [0.25, 0.3) is 0 Å². The third-order valence-corrected chi connectivity index (χ3v) is 8.52. The van der Waals surface area contributed by atoms with Gasteiger partial charge in [-0.1, -0.05) is 48.4 Å². The Balaban J connectivity index is 1.88. The van der Waals surface area contributed by atoms with Crippen molar-refractivity contribution < 1.29 is 17.9 Å². The van der Waals surface area contributed by atoms with Crippen LogP contribution in [0, 0.1) is 12.8 Å². The van der Waals surface area contributed by atoms with Crippen LogP contribution < -0.4 is 0 Å². The molecule has 1 unspecified atom stereocenters. The maximum absolute atomic E-state index is 13.0. The molecule has 0 N–H and O–H groups in total. The molecule has 2 rings (SSSR count). The van der Waals surface area contributed by atoms with Crippen LogP contribution in [0.15, 0.2) is 58.6 Å². The van der Waals surface area contributed by atoms with Gasteiger partial charge in [-0.2, -0.15) is 0 Å². The molecule has 0 spiro atoms. The van der Waals surface area contributed by atoms with Gasteiger partial charge in [-0.3, -0.25) is 4.79 Å². The van der Waals surface area contributed by atoms with Crippen LogP contribution in [0.2, 0.25) is 0 Å². The van der Waals surface area contributed by atoms with Gasteiger partial charge in [0.2, 0.25) is 0 Å². The number of ether oxygens (including phenoxy) is 1. The van der Waals surface area contributed by atoms with Gasteiger partial charge in [-0.15, -0.1) is 0 Å². The molecule has 8 heteroatoms. The van der Waals surface area contributed by atoms with Crippen LogP contribution in [-0.4, -0.2) is 37.0 Å². The standard InChI is InChI=1S/C21H27NO4S3/c1-16(2)14-19(29(24,25)18-9-7-17(3)8-10-18)15-21(23)26-12-13-27-28-20-6-4-5-11-22-20/h4-11,16,19H,12-15H2,1-3H3. The van der Waals surface area contributed by atoms with Gasteiger partial charge in [0, 0.05) is 11.9 Å². The zero-order valence-corrected chi connectivity index (χ0v) is 19.4. The molecule has 1 aromatic heterocycles. The summed E-state index contributed by atoms with van der Waals surface area (Å²) in [5.74, 6) is 0.278. The molecule has 0 aliphatic rings. The molecular weight excluding hydrogens is 426 g/mol.